The van der Waals surface area contributed by atoms with Crippen molar-refractivity contribution < 1.29 is 13.5 Å². The molecule has 7 heteroatoms. The van der Waals surface area contributed by atoms with Crippen LogP contribution in [0.4, 0.5) is 0 Å². The summed E-state index contributed by atoms with van der Waals surface area (Å²) in [5.41, 5.74) is 0. The van der Waals surface area contributed by atoms with E-state index in [1.807, 2.05) is 32.9 Å². The highest BCUT2D eigenvalue weighted by Gasteiger charge is 2.29. The number of hydrogen-bond acceptors (Lipinski definition) is 4. The number of aliphatic hydroxyl groups excluding tert-OH is 1. The molecule has 0 saturated carbocycles. The smallest absolute Gasteiger partial charge is 0.250 e. The summed E-state index contributed by atoms with van der Waals surface area (Å²) in [6.45, 7) is 5.76. The van der Waals surface area contributed by atoms with Crippen molar-refractivity contribution in [2.75, 3.05) is 0 Å². The Hall–Kier alpha value is -0.400. The normalized spacial score (nSPS) is 17.0. The minimum Gasteiger partial charge on any atom is -0.391 e. The maximum atomic E-state index is 12.4. The van der Waals surface area contributed by atoms with Crippen LogP contribution in [0.2, 0.25) is 4.34 Å². The fraction of sp³-hybridized carbons (Fsp3) is 0.571. The summed E-state index contributed by atoms with van der Waals surface area (Å²) in [6, 6.07) is 2.49. The van der Waals surface area contributed by atoms with Crippen LogP contribution < -0.4 is 4.72 Å². The van der Waals surface area contributed by atoms with Crippen LogP contribution in [0.5, 0.6) is 0 Å². The van der Waals surface area contributed by atoms with E-state index in [4.69, 9.17) is 11.6 Å². The second kappa shape index (κ2) is 8.29. The van der Waals surface area contributed by atoms with Crippen molar-refractivity contribution in [2.45, 2.75) is 50.0 Å². The van der Waals surface area contributed by atoms with E-state index in [0.29, 0.717) is 10.8 Å². The lowest BCUT2D eigenvalue weighted by Crippen LogP contribution is -2.47. The number of allylic oxidation sites excluding steroid dienone is 1. The second-order valence-corrected chi connectivity index (χ2v) is 8.62. The highest BCUT2D eigenvalue weighted by atomic mass is 35.5. The van der Waals surface area contributed by atoms with Gasteiger partial charge < -0.3 is 5.11 Å². The molecule has 0 bridgehead atoms. The van der Waals surface area contributed by atoms with Crippen LogP contribution in [0.1, 0.15) is 33.6 Å². The SMILES string of the molecule is CC=CC[C@@H](O)[C@@H](NS(=O)(=O)c1ccc(Cl)s1)[C@@H](C)CC. The molecular formula is C14H22ClNO3S2. The number of aliphatic hydroxyl groups is 1. The molecule has 0 spiro atoms. The van der Waals surface area contributed by atoms with Gasteiger partial charge in [-0.05, 0) is 31.4 Å². The van der Waals surface area contributed by atoms with Crippen molar-refractivity contribution in [1.82, 2.24) is 4.72 Å². The maximum absolute atomic E-state index is 12.4. The lowest BCUT2D eigenvalue weighted by molar-refractivity contribution is 0.114. The van der Waals surface area contributed by atoms with Crippen LogP contribution in [0.3, 0.4) is 0 Å². The van der Waals surface area contributed by atoms with Crippen molar-refractivity contribution in [3.8, 4) is 0 Å². The molecule has 3 atom stereocenters. The van der Waals surface area contributed by atoms with Crippen molar-refractivity contribution in [3.05, 3.63) is 28.6 Å². The molecule has 0 aliphatic carbocycles. The first-order chi connectivity index (χ1) is 9.81. The van der Waals surface area contributed by atoms with Crippen LogP contribution in [0, 0.1) is 5.92 Å². The van der Waals surface area contributed by atoms with Gasteiger partial charge in [0.1, 0.15) is 4.21 Å². The zero-order chi connectivity index (χ0) is 16.0. The fourth-order valence-electron chi connectivity index (χ4n) is 1.93. The lowest BCUT2D eigenvalue weighted by Gasteiger charge is -2.28. The third-order valence-corrected chi connectivity index (χ3v) is 6.57. The molecule has 0 radical (unpaired) electrons. The average molecular weight is 352 g/mol. The Labute approximate surface area is 135 Å². The predicted molar refractivity (Wildman–Crippen MR) is 88.3 cm³/mol. The van der Waals surface area contributed by atoms with Gasteiger partial charge in [-0.15, -0.1) is 11.3 Å². The van der Waals surface area contributed by atoms with Gasteiger partial charge in [0.05, 0.1) is 16.5 Å². The van der Waals surface area contributed by atoms with Crippen LogP contribution in [-0.4, -0.2) is 25.7 Å². The Balaban J connectivity index is 2.95. The Morgan fingerprint density at radius 3 is 2.62 bits per heavy atom. The van der Waals surface area contributed by atoms with Crippen LogP contribution in [0.25, 0.3) is 0 Å². The predicted octanol–water partition coefficient (Wildman–Crippen LogP) is 3.42. The molecule has 21 heavy (non-hydrogen) atoms. The van der Waals surface area contributed by atoms with E-state index in [1.54, 1.807) is 6.07 Å². The van der Waals surface area contributed by atoms with Crippen molar-refractivity contribution >= 4 is 33.0 Å². The van der Waals surface area contributed by atoms with Gasteiger partial charge in [0.15, 0.2) is 0 Å². The number of nitrogens with one attached hydrogen (secondary N) is 1. The van der Waals surface area contributed by atoms with Crippen LogP contribution in [-0.2, 0) is 10.0 Å². The fourth-order valence-corrected chi connectivity index (χ4v) is 4.81. The molecular weight excluding hydrogens is 330 g/mol. The monoisotopic (exact) mass is 351 g/mol. The first kappa shape index (κ1) is 18.6. The molecule has 120 valence electrons. The molecule has 0 fully saturated rings. The zero-order valence-corrected chi connectivity index (χ0v) is 14.8. The Morgan fingerprint density at radius 1 is 1.48 bits per heavy atom. The summed E-state index contributed by atoms with van der Waals surface area (Å²) < 4.78 is 27.9. The van der Waals surface area contributed by atoms with Crippen LogP contribution in [0.15, 0.2) is 28.5 Å². The van der Waals surface area contributed by atoms with Gasteiger partial charge in [-0.2, -0.15) is 0 Å². The van der Waals surface area contributed by atoms with E-state index in [2.05, 4.69) is 4.72 Å². The quantitative estimate of drug-likeness (QED) is 0.705. The van der Waals surface area contributed by atoms with Gasteiger partial charge in [0.25, 0.3) is 0 Å². The Bertz CT molecular complexity index is 569. The molecule has 4 nitrogen and oxygen atoms in total. The Morgan fingerprint density at radius 2 is 2.14 bits per heavy atom. The number of hydrogen-bond donors (Lipinski definition) is 2. The lowest BCUT2D eigenvalue weighted by atomic mass is 9.93. The molecule has 1 aromatic heterocycles. The molecule has 1 heterocycles. The molecule has 1 aromatic rings. The maximum Gasteiger partial charge on any atom is 0.250 e. The van der Waals surface area contributed by atoms with Gasteiger partial charge in [0.2, 0.25) is 10.0 Å². The van der Waals surface area contributed by atoms with Gasteiger partial charge >= 0.3 is 0 Å². The molecule has 0 aliphatic heterocycles. The largest absolute Gasteiger partial charge is 0.391 e. The van der Waals surface area contributed by atoms with E-state index in [-0.39, 0.29) is 10.1 Å². The van der Waals surface area contributed by atoms with E-state index >= 15 is 0 Å². The second-order valence-electron chi connectivity index (χ2n) is 4.96. The molecule has 0 unspecified atom stereocenters. The van der Waals surface area contributed by atoms with Gasteiger partial charge in [-0.25, -0.2) is 13.1 Å². The van der Waals surface area contributed by atoms with E-state index in [9.17, 15) is 13.5 Å². The molecule has 0 saturated heterocycles. The summed E-state index contributed by atoms with van der Waals surface area (Å²) in [4.78, 5) is 0. The standard InChI is InChI=1S/C14H22ClNO3S2/c1-4-6-7-11(17)14(10(3)5-2)16-21(18,19)13-9-8-12(15)20-13/h4,6,8-11,14,16-17H,5,7H2,1-3H3/t10-,11+,14-/m0/s1. The molecule has 0 aromatic carbocycles. The van der Waals surface area contributed by atoms with Gasteiger partial charge in [-0.1, -0.05) is 44.0 Å². The first-order valence-electron chi connectivity index (χ1n) is 6.88. The minimum absolute atomic E-state index is 0.0236. The van der Waals surface area contributed by atoms with Gasteiger partial charge in [-0.3, -0.25) is 0 Å². The minimum atomic E-state index is -3.66. The number of sulfonamides is 1. The summed E-state index contributed by atoms with van der Waals surface area (Å²) in [7, 11) is -3.66. The Kier molecular flexibility index (Phi) is 7.36. The third kappa shape index (κ3) is 5.38. The third-order valence-electron chi connectivity index (χ3n) is 3.39. The summed E-state index contributed by atoms with van der Waals surface area (Å²) >= 11 is 6.80. The first-order valence-corrected chi connectivity index (χ1v) is 9.56. The van der Waals surface area contributed by atoms with Crippen LogP contribution >= 0.6 is 22.9 Å². The number of thiophene rings is 1. The summed E-state index contributed by atoms with van der Waals surface area (Å²) in [5, 5.41) is 10.3. The molecule has 2 N–H and O–H groups in total. The number of halogens is 1. The number of rotatable bonds is 8. The average Bonchev–Trinajstić information content (AvgIpc) is 2.88. The highest BCUT2D eigenvalue weighted by molar-refractivity contribution is 7.91. The molecule has 0 amide bonds. The van der Waals surface area contributed by atoms with E-state index in [0.717, 1.165) is 17.8 Å². The molecule has 1 rings (SSSR count). The summed E-state index contributed by atoms with van der Waals surface area (Å²) in [5.74, 6) is 0.0236. The van der Waals surface area contributed by atoms with E-state index < -0.39 is 22.2 Å². The highest BCUT2D eigenvalue weighted by Crippen LogP contribution is 2.26. The molecule has 0 aliphatic rings. The zero-order valence-electron chi connectivity index (χ0n) is 12.4. The summed E-state index contributed by atoms with van der Waals surface area (Å²) in [6.07, 6.45) is 4.09. The van der Waals surface area contributed by atoms with Gasteiger partial charge in [0, 0.05) is 0 Å². The van der Waals surface area contributed by atoms with Crippen molar-refractivity contribution in [2.24, 2.45) is 5.92 Å². The van der Waals surface area contributed by atoms with Crippen molar-refractivity contribution in [3.63, 3.8) is 0 Å². The van der Waals surface area contributed by atoms with E-state index in [1.165, 1.54) is 6.07 Å². The van der Waals surface area contributed by atoms with Crippen molar-refractivity contribution in [1.29, 1.82) is 0 Å². The topological polar surface area (TPSA) is 66.4 Å².